The molecule has 0 heterocycles. The van der Waals surface area contributed by atoms with Crippen LogP contribution in [0.25, 0.3) is 0 Å². The van der Waals surface area contributed by atoms with Gasteiger partial charge in [0.05, 0.1) is 12.5 Å². The topological polar surface area (TPSA) is 40.5 Å². The fraction of sp³-hybridized carbons (Fsp3) is 0.278. The van der Waals surface area contributed by atoms with Crippen molar-refractivity contribution in [2.45, 2.75) is 18.9 Å². The maximum atomic E-state index is 12.7. The summed E-state index contributed by atoms with van der Waals surface area (Å²) in [7, 11) is 0. The van der Waals surface area contributed by atoms with Crippen molar-refractivity contribution < 1.29 is 9.90 Å². The van der Waals surface area contributed by atoms with Crippen molar-refractivity contribution >= 4 is 5.91 Å². The number of carbonyl (C=O) groups is 1. The van der Waals surface area contributed by atoms with Gasteiger partial charge in [-0.15, -0.1) is 0 Å². The number of nitrogens with zero attached hydrogens (tertiary/aromatic N) is 1. The van der Waals surface area contributed by atoms with Gasteiger partial charge in [-0.25, -0.2) is 0 Å². The first-order valence-electron chi connectivity index (χ1n) is 7.31. The summed E-state index contributed by atoms with van der Waals surface area (Å²) < 4.78 is 0. The second-order valence-corrected chi connectivity index (χ2v) is 5.42. The van der Waals surface area contributed by atoms with E-state index in [1.165, 1.54) is 5.56 Å². The lowest BCUT2D eigenvalue weighted by Gasteiger charge is -2.34. The van der Waals surface area contributed by atoms with Crippen LogP contribution in [0.5, 0.6) is 0 Å². The lowest BCUT2D eigenvalue weighted by atomic mass is 9.77. The zero-order valence-corrected chi connectivity index (χ0v) is 11.9. The first kappa shape index (κ1) is 13.8. The summed E-state index contributed by atoms with van der Waals surface area (Å²) in [5.41, 5.74) is 3.49. The van der Waals surface area contributed by atoms with Crippen molar-refractivity contribution in [2.75, 3.05) is 13.2 Å². The van der Waals surface area contributed by atoms with Gasteiger partial charge in [0.15, 0.2) is 0 Å². The third-order valence-corrected chi connectivity index (χ3v) is 4.05. The molecular formula is C18H19NO2. The zero-order chi connectivity index (χ0) is 14.7. The SMILES string of the molecule is O=C(C1Cc2ccccc21)N(CCO)Cc1ccccc1. The summed E-state index contributed by atoms with van der Waals surface area (Å²) in [5.74, 6) is 0.0723. The van der Waals surface area contributed by atoms with E-state index in [0.717, 1.165) is 17.5 Å². The Hall–Kier alpha value is -2.13. The second kappa shape index (κ2) is 6.10. The predicted octanol–water partition coefficient (Wildman–Crippen LogP) is 2.35. The van der Waals surface area contributed by atoms with Crippen LogP contribution in [0.2, 0.25) is 0 Å². The van der Waals surface area contributed by atoms with Gasteiger partial charge in [-0.2, -0.15) is 0 Å². The van der Waals surface area contributed by atoms with Crippen LogP contribution in [0.1, 0.15) is 22.6 Å². The molecule has 0 aliphatic heterocycles. The standard InChI is InChI=1S/C18H19NO2/c20-11-10-19(13-14-6-2-1-3-7-14)18(21)17-12-15-8-4-5-9-16(15)17/h1-9,17,20H,10-13H2. The van der Waals surface area contributed by atoms with Crippen molar-refractivity contribution in [1.82, 2.24) is 4.90 Å². The predicted molar refractivity (Wildman–Crippen MR) is 81.8 cm³/mol. The quantitative estimate of drug-likeness (QED) is 0.914. The Morgan fingerprint density at radius 2 is 1.81 bits per heavy atom. The van der Waals surface area contributed by atoms with Gasteiger partial charge < -0.3 is 10.0 Å². The summed E-state index contributed by atoms with van der Waals surface area (Å²) in [6.45, 7) is 0.929. The average Bonchev–Trinajstić information content (AvgIpc) is 2.49. The number of carbonyl (C=O) groups excluding carboxylic acids is 1. The van der Waals surface area contributed by atoms with Gasteiger partial charge in [0.1, 0.15) is 0 Å². The molecule has 0 radical (unpaired) electrons. The van der Waals surface area contributed by atoms with Crippen LogP contribution in [0.4, 0.5) is 0 Å². The Bertz CT molecular complexity index is 624. The molecule has 3 rings (SSSR count). The highest BCUT2D eigenvalue weighted by Crippen LogP contribution is 2.36. The Kier molecular flexibility index (Phi) is 4.02. The molecule has 0 spiro atoms. The molecule has 2 aromatic carbocycles. The van der Waals surface area contributed by atoms with Gasteiger partial charge in [-0.1, -0.05) is 54.6 Å². The Morgan fingerprint density at radius 3 is 2.52 bits per heavy atom. The zero-order valence-electron chi connectivity index (χ0n) is 11.9. The molecule has 3 heteroatoms. The Balaban J connectivity index is 1.74. The number of benzene rings is 2. The minimum atomic E-state index is -0.0449. The van der Waals surface area contributed by atoms with Crippen molar-refractivity contribution in [1.29, 1.82) is 0 Å². The first-order valence-corrected chi connectivity index (χ1v) is 7.31. The third-order valence-electron chi connectivity index (χ3n) is 4.05. The van der Waals surface area contributed by atoms with E-state index in [2.05, 4.69) is 6.07 Å². The van der Waals surface area contributed by atoms with E-state index in [-0.39, 0.29) is 18.4 Å². The van der Waals surface area contributed by atoms with Crippen molar-refractivity contribution in [3.8, 4) is 0 Å². The number of aliphatic hydroxyl groups excluding tert-OH is 1. The van der Waals surface area contributed by atoms with Crippen LogP contribution in [0.3, 0.4) is 0 Å². The van der Waals surface area contributed by atoms with Gasteiger partial charge >= 0.3 is 0 Å². The largest absolute Gasteiger partial charge is 0.395 e. The van der Waals surface area contributed by atoms with E-state index in [9.17, 15) is 9.90 Å². The smallest absolute Gasteiger partial charge is 0.230 e. The van der Waals surface area contributed by atoms with Crippen LogP contribution in [-0.2, 0) is 17.8 Å². The monoisotopic (exact) mass is 281 g/mol. The highest BCUT2D eigenvalue weighted by Gasteiger charge is 2.34. The molecule has 0 fully saturated rings. The van der Waals surface area contributed by atoms with Gasteiger partial charge in [0.25, 0.3) is 0 Å². The molecular weight excluding hydrogens is 262 g/mol. The number of aliphatic hydroxyl groups is 1. The third kappa shape index (κ3) is 2.83. The van der Waals surface area contributed by atoms with E-state index in [1.807, 2.05) is 48.5 Å². The number of hydrogen-bond donors (Lipinski definition) is 1. The lowest BCUT2D eigenvalue weighted by molar-refractivity contribution is -0.134. The van der Waals surface area contributed by atoms with Crippen molar-refractivity contribution in [3.05, 3.63) is 71.3 Å². The van der Waals surface area contributed by atoms with E-state index >= 15 is 0 Å². The highest BCUT2D eigenvalue weighted by atomic mass is 16.3. The van der Waals surface area contributed by atoms with Crippen LogP contribution in [0.15, 0.2) is 54.6 Å². The van der Waals surface area contributed by atoms with Gasteiger partial charge in [-0.05, 0) is 23.1 Å². The average molecular weight is 281 g/mol. The molecule has 3 nitrogen and oxygen atoms in total. The summed E-state index contributed by atoms with van der Waals surface area (Å²) in [5, 5.41) is 9.24. The summed E-state index contributed by atoms with van der Waals surface area (Å²) in [6, 6.07) is 18.0. The molecule has 1 amide bonds. The molecule has 2 aromatic rings. The van der Waals surface area contributed by atoms with E-state index in [0.29, 0.717) is 13.1 Å². The normalized spacial score (nSPS) is 16.0. The minimum absolute atomic E-state index is 0.00700. The molecule has 1 unspecified atom stereocenters. The lowest BCUT2D eigenvalue weighted by Crippen LogP contribution is -2.40. The number of rotatable bonds is 5. The number of fused-ring (bicyclic) bond motifs is 1. The molecule has 1 atom stereocenters. The van der Waals surface area contributed by atoms with Crippen LogP contribution in [0, 0.1) is 0 Å². The van der Waals surface area contributed by atoms with E-state index in [1.54, 1.807) is 4.90 Å². The molecule has 0 bridgehead atoms. The Morgan fingerprint density at radius 1 is 1.10 bits per heavy atom. The van der Waals surface area contributed by atoms with Crippen LogP contribution in [-0.4, -0.2) is 29.1 Å². The summed E-state index contributed by atoms with van der Waals surface area (Å²) in [4.78, 5) is 14.5. The molecule has 1 aliphatic carbocycles. The molecule has 0 aromatic heterocycles. The molecule has 0 saturated carbocycles. The maximum absolute atomic E-state index is 12.7. The first-order chi connectivity index (χ1) is 10.3. The van der Waals surface area contributed by atoms with E-state index in [4.69, 9.17) is 0 Å². The maximum Gasteiger partial charge on any atom is 0.230 e. The molecule has 108 valence electrons. The van der Waals surface area contributed by atoms with Crippen LogP contribution >= 0.6 is 0 Å². The molecule has 1 N–H and O–H groups in total. The van der Waals surface area contributed by atoms with Crippen LogP contribution < -0.4 is 0 Å². The van der Waals surface area contributed by atoms with Crippen molar-refractivity contribution in [2.24, 2.45) is 0 Å². The number of hydrogen-bond acceptors (Lipinski definition) is 2. The van der Waals surface area contributed by atoms with Gasteiger partial charge in [0.2, 0.25) is 5.91 Å². The molecule has 21 heavy (non-hydrogen) atoms. The fourth-order valence-electron chi connectivity index (χ4n) is 2.89. The van der Waals surface area contributed by atoms with Crippen molar-refractivity contribution in [3.63, 3.8) is 0 Å². The molecule has 0 saturated heterocycles. The van der Waals surface area contributed by atoms with Gasteiger partial charge in [-0.3, -0.25) is 4.79 Å². The fourth-order valence-corrected chi connectivity index (χ4v) is 2.89. The molecule has 1 aliphatic rings. The Labute approximate surface area is 124 Å². The summed E-state index contributed by atoms with van der Waals surface area (Å²) in [6.07, 6.45) is 0.811. The summed E-state index contributed by atoms with van der Waals surface area (Å²) >= 11 is 0. The minimum Gasteiger partial charge on any atom is -0.395 e. The van der Waals surface area contributed by atoms with Gasteiger partial charge in [0, 0.05) is 13.1 Å². The van der Waals surface area contributed by atoms with E-state index < -0.39 is 0 Å². The second-order valence-electron chi connectivity index (χ2n) is 5.42. The highest BCUT2D eigenvalue weighted by molar-refractivity contribution is 5.87. The number of amides is 1.